The molecule has 0 fully saturated rings. The van der Waals surface area contributed by atoms with Gasteiger partial charge >= 0.3 is 0 Å². The van der Waals surface area contributed by atoms with Gasteiger partial charge in [0.15, 0.2) is 0 Å². The van der Waals surface area contributed by atoms with Crippen LogP contribution in [-0.2, 0) is 6.42 Å². The van der Waals surface area contributed by atoms with Crippen molar-refractivity contribution in [2.45, 2.75) is 6.42 Å². The Labute approximate surface area is 59.5 Å². The molecule has 0 radical (unpaired) electrons. The number of hydrogen-bond donors (Lipinski definition) is 2. The summed E-state index contributed by atoms with van der Waals surface area (Å²) in [5, 5.41) is 8.41. The minimum absolute atomic E-state index is 0.600. The van der Waals surface area contributed by atoms with Crippen molar-refractivity contribution in [3.05, 3.63) is 23.5 Å². The lowest BCUT2D eigenvalue weighted by Crippen LogP contribution is -2.02. The molecule has 3 heteroatoms. The lowest BCUT2D eigenvalue weighted by molar-refractivity contribution is 0.933. The second-order valence-corrected chi connectivity index (χ2v) is 2.05. The number of rotatable bonds is 2. The summed E-state index contributed by atoms with van der Waals surface area (Å²) in [6.07, 6.45) is 0.807. The van der Waals surface area contributed by atoms with Crippen LogP contribution in [0.1, 0.15) is 11.4 Å². The number of H-pyrrole nitrogens is 1. The Bertz CT molecular complexity index is 244. The summed E-state index contributed by atoms with van der Waals surface area (Å²) in [4.78, 5) is 2.92. The molecule has 1 aromatic heterocycles. The van der Waals surface area contributed by atoms with E-state index in [0.717, 1.165) is 12.1 Å². The van der Waals surface area contributed by atoms with Crippen molar-refractivity contribution in [3.8, 4) is 6.07 Å². The standard InChI is InChI=1S/C7H9N3/c8-4-3-6-1-2-7(5-9)10-6/h1-2,10H,3-4,8H2. The molecule has 1 rings (SSSR count). The zero-order chi connectivity index (χ0) is 7.40. The smallest absolute Gasteiger partial charge is 0.117 e. The zero-order valence-electron chi connectivity index (χ0n) is 5.59. The molecule has 0 spiro atoms. The molecule has 0 aliphatic rings. The Morgan fingerprint density at radius 1 is 1.60 bits per heavy atom. The molecule has 0 amide bonds. The van der Waals surface area contributed by atoms with Crippen LogP contribution in [0.15, 0.2) is 12.1 Å². The van der Waals surface area contributed by atoms with E-state index in [-0.39, 0.29) is 0 Å². The van der Waals surface area contributed by atoms with Crippen molar-refractivity contribution in [1.29, 1.82) is 5.26 Å². The topological polar surface area (TPSA) is 65.6 Å². The molecule has 0 aromatic carbocycles. The van der Waals surface area contributed by atoms with E-state index in [9.17, 15) is 0 Å². The number of nitriles is 1. The van der Waals surface area contributed by atoms with E-state index in [0.29, 0.717) is 12.2 Å². The number of nitrogens with one attached hydrogen (secondary N) is 1. The Kier molecular flexibility index (Phi) is 2.08. The van der Waals surface area contributed by atoms with Crippen molar-refractivity contribution in [2.75, 3.05) is 6.54 Å². The van der Waals surface area contributed by atoms with Gasteiger partial charge in [-0.05, 0) is 25.1 Å². The summed E-state index contributed by atoms with van der Waals surface area (Å²) in [5.41, 5.74) is 6.94. The van der Waals surface area contributed by atoms with Crippen LogP contribution >= 0.6 is 0 Å². The van der Waals surface area contributed by atoms with Crippen molar-refractivity contribution in [3.63, 3.8) is 0 Å². The van der Waals surface area contributed by atoms with E-state index in [1.807, 2.05) is 12.1 Å². The van der Waals surface area contributed by atoms with Gasteiger partial charge in [0.2, 0.25) is 0 Å². The fourth-order valence-corrected chi connectivity index (χ4v) is 0.807. The highest BCUT2D eigenvalue weighted by molar-refractivity contribution is 5.24. The van der Waals surface area contributed by atoms with Crippen LogP contribution in [0.2, 0.25) is 0 Å². The maximum absolute atomic E-state index is 8.41. The molecule has 0 bridgehead atoms. The average Bonchev–Trinajstić information content (AvgIpc) is 2.37. The van der Waals surface area contributed by atoms with E-state index in [2.05, 4.69) is 4.98 Å². The van der Waals surface area contributed by atoms with Gasteiger partial charge in [0, 0.05) is 5.69 Å². The van der Waals surface area contributed by atoms with Crippen LogP contribution in [0.25, 0.3) is 0 Å². The predicted octanol–water partition coefficient (Wildman–Crippen LogP) is 0.388. The molecule has 0 aliphatic carbocycles. The third kappa shape index (κ3) is 1.36. The first-order valence-electron chi connectivity index (χ1n) is 3.15. The highest BCUT2D eigenvalue weighted by atomic mass is 14.7. The highest BCUT2D eigenvalue weighted by Gasteiger charge is 1.94. The molecule has 0 unspecified atom stereocenters. The molecule has 1 aromatic rings. The number of aromatic amines is 1. The quantitative estimate of drug-likeness (QED) is 0.616. The normalized spacial score (nSPS) is 9.20. The van der Waals surface area contributed by atoms with E-state index >= 15 is 0 Å². The number of aromatic nitrogens is 1. The van der Waals surface area contributed by atoms with Crippen LogP contribution in [-0.4, -0.2) is 11.5 Å². The highest BCUT2D eigenvalue weighted by Crippen LogP contribution is 1.99. The van der Waals surface area contributed by atoms with Crippen LogP contribution in [0.3, 0.4) is 0 Å². The summed E-state index contributed by atoms with van der Waals surface area (Å²) in [7, 11) is 0. The van der Waals surface area contributed by atoms with Gasteiger partial charge in [-0.1, -0.05) is 0 Å². The predicted molar refractivity (Wildman–Crippen MR) is 38.3 cm³/mol. The van der Waals surface area contributed by atoms with Gasteiger partial charge in [-0.3, -0.25) is 0 Å². The monoisotopic (exact) mass is 135 g/mol. The summed E-state index contributed by atoms with van der Waals surface area (Å²) >= 11 is 0. The first-order chi connectivity index (χ1) is 4.86. The maximum Gasteiger partial charge on any atom is 0.117 e. The molecule has 0 saturated carbocycles. The molecular weight excluding hydrogens is 126 g/mol. The van der Waals surface area contributed by atoms with E-state index in [4.69, 9.17) is 11.0 Å². The Morgan fingerprint density at radius 3 is 2.90 bits per heavy atom. The lowest BCUT2D eigenvalue weighted by Gasteiger charge is -1.89. The summed E-state index contributed by atoms with van der Waals surface area (Å²) in [5.74, 6) is 0. The largest absolute Gasteiger partial charge is 0.350 e. The second-order valence-electron chi connectivity index (χ2n) is 2.05. The number of nitrogens with two attached hydrogens (primary N) is 1. The minimum atomic E-state index is 0.600. The number of nitrogens with zero attached hydrogens (tertiary/aromatic N) is 1. The van der Waals surface area contributed by atoms with Gasteiger partial charge in [-0.15, -0.1) is 0 Å². The molecule has 10 heavy (non-hydrogen) atoms. The average molecular weight is 135 g/mol. The minimum Gasteiger partial charge on any atom is -0.350 e. The van der Waals surface area contributed by atoms with Crippen molar-refractivity contribution in [1.82, 2.24) is 4.98 Å². The van der Waals surface area contributed by atoms with E-state index in [1.165, 1.54) is 0 Å². The van der Waals surface area contributed by atoms with Gasteiger partial charge in [0.1, 0.15) is 11.8 Å². The summed E-state index contributed by atoms with van der Waals surface area (Å²) in [6, 6.07) is 5.64. The molecule has 0 saturated heterocycles. The summed E-state index contributed by atoms with van der Waals surface area (Å²) in [6.45, 7) is 0.616. The summed E-state index contributed by atoms with van der Waals surface area (Å²) < 4.78 is 0. The Hall–Kier alpha value is -1.27. The van der Waals surface area contributed by atoms with Crippen LogP contribution in [0.4, 0.5) is 0 Å². The fourth-order valence-electron chi connectivity index (χ4n) is 0.807. The third-order valence-corrected chi connectivity index (χ3v) is 1.28. The second kappa shape index (κ2) is 3.04. The maximum atomic E-state index is 8.41. The first-order valence-corrected chi connectivity index (χ1v) is 3.15. The molecule has 3 N–H and O–H groups in total. The van der Waals surface area contributed by atoms with Gasteiger partial charge in [-0.25, -0.2) is 0 Å². The van der Waals surface area contributed by atoms with Gasteiger partial charge in [0.05, 0.1) is 0 Å². The molecule has 0 atom stereocenters. The SMILES string of the molecule is N#Cc1ccc(CCN)[nH]1. The Morgan fingerprint density at radius 2 is 2.40 bits per heavy atom. The van der Waals surface area contributed by atoms with E-state index < -0.39 is 0 Å². The van der Waals surface area contributed by atoms with Crippen LogP contribution < -0.4 is 5.73 Å². The van der Waals surface area contributed by atoms with Crippen LogP contribution in [0.5, 0.6) is 0 Å². The van der Waals surface area contributed by atoms with Gasteiger partial charge in [0.25, 0.3) is 0 Å². The van der Waals surface area contributed by atoms with E-state index in [1.54, 1.807) is 6.07 Å². The molecule has 52 valence electrons. The van der Waals surface area contributed by atoms with Crippen molar-refractivity contribution < 1.29 is 0 Å². The molecule has 0 aliphatic heterocycles. The molecule has 1 heterocycles. The molecular formula is C7H9N3. The zero-order valence-corrected chi connectivity index (χ0v) is 5.59. The van der Waals surface area contributed by atoms with Gasteiger partial charge in [-0.2, -0.15) is 5.26 Å². The van der Waals surface area contributed by atoms with Gasteiger partial charge < -0.3 is 10.7 Å². The third-order valence-electron chi connectivity index (χ3n) is 1.28. The van der Waals surface area contributed by atoms with Crippen LogP contribution in [0, 0.1) is 11.3 Å². The fraction of sp³-hybridized carbons (Fsp3) is 0.286. The Balaban J connectivity index is 2.71. The van der Waals surface area contributed by atoms with Crippen molar-refractivity contribution >= 4 is 0 Å². The first kappa shape index (κ1) is 6.84. The number of hydrogen-bond acceptors (Lipinski definition) is 2. The molecule has 3 nitrogen and oxygen atoms in total. The lowest BCUT2D eigenvalue weighted by atomic mass is 10.3. The van der Waals surface area contributed by atoms with Crippen molar-refractivity contribution in [2.24, 2.45) is 5.73 Å².